The third-order valence-electron chi connectivity index (χ3n) is 2.51. The van der Waals surface area contributed by atoms with Gasteiger partial charge in [-0.05, 0) is 25.0 Å². The Morgan fingerprint density at radius 3 is 2.47 bits per heavy atom. The van der Waals surface area contributed by atoms with Crippen LogP contribution in [0.2, 0.25) is 0 Å². The Balaban J connectivity index is 2.11. The fourth-order valence-corrected chi connectivity index (χ4v) is 1.85. The van der Waals surface area contributed by atoms with E-state index in [1.807, 2.05) is 38.1 Å². The lowest BCUT2D eigenvalue weighted by molar-refractivity contribution is -0.139. The van der Waals surface area contributed by atoms with E-state index in [1.165, 1.54) is 0 Å². The van der Waals surface area contributed by atoms with Crippen LogP contribution in [-0.2, 0) is 15.4 Å². The minimum atomic E-state index is -0.462. The molecule has 0 bridgehead atoms. The Morgan fingerprint density at radius 2 is 2.00 bits per heavy atom. The molecule has 15 heavy (non-hydrogen) atoms. The molecule has 3 heteroatoms. The minimum absolute atomic E-state index is 0.0457. The van der Waals surface area contributed by atoms with Gasteiger partial charge >= 0.3 is 0 Å². The van der Waals surface area contributed by atoms with Gasteiger partial charge in [0.25, 0.3) is 0 Å². The van der Waals surface area contributed by atoms with Gasteiger partial charge in [0.05, 0.1) is 6.61 Å². The molecular formula is C12H15ClO2. The van der Waals surface area contributed by atoms with Crippen molar-refractivity contribution in [3.63, 3.8) is 0 Å². The quantitative estimate of drug-likeness (QED) is 0.721. The van der Waals surface area contributed by atoms with Gasteiger partial charge in [-0.3, -0.25) is 0 Å². The molecule has 0 spiro atoms. The van der Waals surface area contributed by atoms with Crippen molar-refractivity contribution in [1.82, 2.24) is 0 Å². The number of ether oxygens (including phenoxy) is 2. The van der Waals surface area contributed by atoms with E-state index in [2.05, 4.69) is 0 Å². The molecule has 2 rings (SSSR count). The van der Waals surface area contributed by atoms with Gasteiger partial charge in [0, 0.05) is 5.88 Å². The molecule has 1 saturated heterocycles. The van der Waals surface area contributed by atoms with Gasteiger partial charge in [0.15, 0.2) is 5.79 Å². The highest BCUT2D eigenvalue weighted by molar-refractivity contribution is 6.17. The lowest BCUT2D eigenvalue weighted by Crippen LogP contribution is -2.19. The molecular weight excluding hydrogens is 212 g/mol. The van der Waals surface area contributed by atoms with Crippen LogP contribution in [0.4, 0.5) is 0 Å². The summed E-state index contributed by atoms with van der Waals surface area (Å²) >= 11 is 5.73. The summed E-state index contributed by atoms with van der Waals surface area (Å²) in [6.45, 7) is 4.48. The fraction of sp³-hybridized carbons (Fsp3) is 0.500. The maximum atomic E-state index is 5.75. The molecule has 1 aromatic carbocycles. The summed E-state index contributed by atoms with van der Waals surface area (Å²) in [6.07, 6.45) is 0.0457. The first-order valence-electron chi connectivity index (χ1n) is 5.07. The second-order valence-electron chi connectivity index (χ2n) is 4.19. The molecule has 1 fully saturated rings. The normalized spacial score (nSPS) is 24.3. The van der Waals surface area contributed by atoms with Crippen LogP contribution in [-0.4, -0.2) is 12.4 Å². The minimum Gasteiger partial charge on any atom is -0.347 e. The molecule has 1 aromatic rings. The number of benzene rings is 1. The SMILES string of the molecule is CC1(C)OCC(c2ccc(CCl)cc2)O1. The summed E-state index contributed by atoms with van der Waals surface area (Å²) in [4.78, 5) is 0. The number of hydrogen-bond donors (Lipinski definition) is 0. The van der Waals surface area contributed by atoms with Crippen LogP contribution in [0.1, 0.15) is 31.1 Å². The second-order valence-corrected chi connectivity index (χ2v) is 4.46. The maximum absolute atomic E-state index is 5.75. The zero-order chi connectivity index (χ0) is 10.9. The van der Waals surface area contributed by atoms with Gasteiger partial charge in [-0.2, -0.15) is 0 Å². The van der Waals surface area contributed by atoms with Crippen LogP contribution in [0.5, 0.6) is 0 Å². The molecule has 1 aliphatic heterocycles. The van der Waals surface area contributed by atoms with Crippen molar-refractivity contribution in [3.05, 3.63) is 35.4 Å². The first kappa shape index (κ1) is 10.9. The molecule has 0 radical (unpaired) electrons. The summed E-state index contributed by atoms with van der Waals surface area (Å²) in [6, 6.07) is 8.15. The molecule has 0 aliphatic carbocycles. The summed E-state index contributed by atoms with van der Waals surface area (Å²) in [5, 5.41) is 0. The fourth-order valence-electron chi connectivity index (χ4n) is 1.67. The van der Waals surface area contributed by atoms with Crippen LogP contribution >= 0.6 is 11.6 Å². The van der Waals surface area contributed by atoms with Crippen LogP contribution in [0.3, 0.4) is 0 Å². The number of hydrogen-bond acceptors (Lipinski definition) is 2. The number of alkyl halides is 1. The van der Waals surface area contributed by atoms with Crippen molar-refractivity contribution < 1.29 is 9.47 Å². The second kappa shape index (κ2) is 4.12. The van der Waals surface area contributed by atoms with Crippen molar-refractivity contribution in [3.8, 4) is 0 Å². The molecule has 1 atom stereocenters. The molecule has 1 unspecified atom stereocenters. The van der Waals surface area contributed by atoms with E-state index in [4.69, 9.17) is 21.1 Å². The Morgan fingerprint density at radius 1 is 1.33 bits per heavy atom. The Kier molecular flexibility index (Phi) is 3.01. The zero-order valence-electron chi connectivity index (χ0n) is 9.00. The Hall–Kier alpha value is -0.570. The van der Waals surface area contributed by atoms with Gasteiger partial charge < -0.3 is 9.47 Å². The monoisotopic (exact) mass is 226 g/mol. The van der Waals surface area contributed by atoms with Crippen molar-refractivity contribution in [2.45, 2.75) is 31.6 Å². The first-order valence-corrected chi connectivity index (χ1v) is 5.61. The summed E-state index contributed by atoms with van der Waals surface area (Å²) in [5.74, 6) is 0.0869. The molecule has 0 saturated carbocycles. The number of rotatable bonds is 2. The van der Waals surface area contributed by atoms with E-state index in [1.54, 1.807) is 0 Å². The molecule has 0 aromatic heterocycles. The lowest BCUT2D eigenvalue weighted by Gasteiger charge is -2.17. The molecule has 0 N–H and O–H groups in total. The van der Waals surface area contributed by atoms with Gasteiger partial charge in [-0.25, -0.2) is 0 Å². The third kappa shape index (κ3) is 2.51. The van der Waals surface area contributed by atoms with E-state index in [0.717, 1.165) is 11.1 Å². The summed E-state index contributed by atoms with van der Waals surface area (Å²) in [7, 11) is 0. The predicted octanol–water partition coefficient (Wildman–Crippen LogP) is 3.25. The smallest absolute Gasteiger partial charge is 0.163 e. The van der Waals surface area contributed by atoms with Gasteiger partial charge in [-0.1, -0.05) is 24.3 Å². The van der Waals surface area contributed by atoms with E-state index < -0.39 is 5.79 Å². The van der Waals surface area contributed by atoms with Crippen molar-refractivity contribution in [2.24, 2.45) is 0 Å². The average molecular weight is 227 g/mol. The molecule has 0 amide bonds. The Bertz CT molecular complexity index is 332. The van der Waals surface area contributed by atoms with Crippen LogP contribution in [0, 0.1) is 0 Å². The maximum Gasteiger partial charge on any atom is 0.163 e. The van der Waals surface area contributed by atoms with E-state index in [0.29, 0.717) is 12.5 Å². The first-order chi connectivity index (χ1) is 7.11. The highest BCUT2D eigenvalue weighted by atomic mass is 35.5. The van der Waals surface area contributed by atoms with Crippen molar-refractivity contribution in [2.75, 3.05) is 6.61 Å². The standard InChI is InChI=1S/C12H15ClO2/c1-12(2)14-8-11(15-12)10-5-3-9(7-13)4-6-10/h3-6,11H,7-8H2,1-2H3. The largest absolute Gasteiger partial charge is 0.347 e. The summed E-state index contributed by atoms with van der Waals surface area (Å²) in [5.41, 5.74) is 2.27. The van der Waals surface area contributed by atoms with Crippen LogP contribution in [0.25, 0.3) is 0 Å². The predicted molar refractivity (Wildman–Crippen MR) is 59.9 cm³/mol. The lowest BCUT2D eigenvalue weighted by atomic mass is 10.1. The molecule has 1 heterocycles. The van der Waals surface area contributed by atoms with Crippen LogP contribution < -0.4 is 0 Å². The van der Waals surface area contributed by atoms with Crippen molar-refractivity contribution >= 4 is 11.6 Å². The van der Waals surface area contributed by atoms with E-state index >= 15 is 0 Å². The zero-order valence-corrected chi connectivity index (χ0v) is 9.75. The van der Waals surface area contributed by atoms with E-state index in [9.17, 15) is 0 Å². The van der Waals surface area contributed by atoms with Gasteiger partial charge in [0.1, 0.15) is 6.10 Å². The average Bonchev–Trinajstić information content (AvgIpc) is 2.59. The highest BCUT2D eigenvalue weighted by Gasteiger charge is 2.33. The van der Waals surface area contributed by atoms with Gasteiger partial charge in [0.2, 0.25) is 0 Å². The highest BCUT2D eigenvalue weighted by Crippen LogP contribution is 2.32. The van der Waals surface area contributed by atoms with E-state index in [-0.39, 0.29) is 6.10 Å². The number of halogens is 1. The molecule has 2 nitrogen and oxygen atoms in total. The van der Waals surface area contributed by atoms with Gasteiger partial charge in [-0.15, -0.1) is 11.6 Å². The molecule has 82 valence electrons. The summed E-state index contributed by atoms with van der Waals surface area (Å²) < 4.78 is 11.3. The third-order valence-corrected chi connectivity index (χ3v) is 2.82. The topological polar surface area (TPSA) is 18.5 Å². The Labute approximate surface area is 95.1 Å². The van der Waals surface area contributed by atoms with Crippen molar-refractivity contribution in [1.29, 1.82) is 0 Å². The van der Waals surface area contributed by atoms with Crippen LogP contribution in [0.15, 0.2) is 24.3 Å². The molecule has 1 aliphatic rings.